The zero-order valence-electron chi connectivity index (χ0n) is 12.6. The highest BCUT2D eigenvalue weighted by Crippen LogP contribution is 2.30. The maximum atomic E-state index is 12.8. The number of nitrogens with zero attached hydrogens (tertiary/aromatic N) is 3. The molecule has 0 amide bonds. The number of ether oxygens (including phenoxy) is 1. The first-order valence-electron chi connectivity index (χ1n) is 6.92. The summed E-state index contributed by atoms with van der Waals surface area (Å²) in [4.78, 5) is 8.55. The van der Waals surface area contributed by atoms with E-state index < -0.39 is 11.7 Å². The molecule has 4 nitrogen and oxygen atoms in total. The largest absolute Gasteiger partial charge is 0.480 e. The fourth-order valence-electron chi connectivity index (χ4n) is 2.47. The van der Waals surface area contributed by atoms with Crippen LogP contribution in [0.25, 0.3) is 11.0 Å². The number of halogens is 3. The van der Waals surface area contributed by atoms with Crippen molar-refractivity contribution in [3.8, 4) is 5.88 Å². The molecule has 0 aliphatic carbocycles. The lowest BCUT2D eigenvalue weighted by Gasteiger charge is -2.10. The first kappa shape index (κ1) is 15.3. The van der Waals surface area contributed by atoms with Crippen LogP contribution in [-0.4, -0.2) is 21.6 Å². The van der Waals surface area contributed by atoms with Gasteiger partial charge >= 0.3 is 6.18 Å². The molecule has 23 heavy (non-hydrogen) atoms. The molecule has 2 heterocycles. The Labute approximate surface area is 130 Å². The van der Waals surface area contributed by atoms with Crippen molar-refractivity contribution in [3.05, 3.63) is 53.5 Å². The minimum atomic E-state index is -4.35. The summed E-state index contributed by atoms with van der Waals surface area (Å²) in [5.41, 5.74) is 0.522. The van der Waals surface area contributed by atoms with Gasteiger partial charge in [-0.1, -0.05) is 12.1 Å². The number of hydrogen-bond acceptors (Lipinski definition) is 3. The van der Waals surface area contributed by atoms with E-state index in [2.05, 4.69) is 9.97 Å². The topological polar surface area (TPSA) is 39.9 Å². The maximum Gasteiger partial charge on any atom is 0.416 e. The molecule has 3 aromatic rings. The van der Waals surface area contributed by atoms with Crippen molar-refractivity contribution in [2.45, 2.75) is 19.6 Å². The van der Waals surface area contributed by atoms with Crippen LogP contribution in [0.3, 0.4) is 0 Å². The molecule has 0 fully saturated rings. The second-order valence-electron chi connectivity index (χ2n) is 5.16. The second kappa shape index (κ2) is 5.57. The summed E-state index contributed by atoms with van der Waals surface area (Å²) in [5.74, 6) is 0.994. The first-order chi connectivity index (χ1) is 10.9. The Morgan fingerprint density at radius 2 is 1.96 bits per heavy atom. The van der Waals surface area contributed by atoms with Crippen LogP contribution >= 0.6 is 0 Å². The van der Waals surface area contributed by atoms with E-state index in [0.29, 0.717) is 22.9 Å². The summed E-state index contributed by atoms with van der Waals surface area (Å²) in [6, 6.07) is 7.07. The highest BCUT2D eigenvalue weighted by molar-refractivity contribution is 5.81. The third kappa shape index (κ3) is 2.99. The predicted molar refractivity (Wildman–Crippen MR) is 79.4 cm³/mol. The van der Waals surface area contributed by atoms with Crippen molar-refractivity contribution >= 4 is 11.0 Å². The van der Waals surface area contributed by atoms with Crippen molar-refractivity contribution in [2.75, 3.05) is 7.11 Å². The molecule has 0 saturated carbocycles. The molecule has 0 aliphatic heterocycles. The Kier molecular flexibility index (Phi) is 3.71. The molecule has 0 saturated heterocycles. The third-order valence-electron chi connectivity index (χ3n) is 3.50. The second-order valence-corrected chi connectivity index (χ2v) is 5.16. The molecular formula is C16H14F3N3O. The van der Waals surface area contributed by atoms with Crippen LogP contribution in [0.1, 0.15) is 17.0 Å². The zero-order valence-corrected chi connectivity index (χ0v) is 12.6. The molecule has 0 radical (unpaired) electrons. The van der Waals surface area contributed by atoms with Gasteiger partial charge in [-0.05, 0) is 30.7 Å². The fourth-order valence-corrected chi connectivity index (χ4v) is 2.47. The highest BCUT2D eigenvalue weighted by Gasteiger charge is 2.30. The number of benzene rings is 1. The molecule has 7 heteroatoms. The quantitative estimate of drug-likeness (QED) is 0.736. The summed E-state index contributed by atoms with van der Waals surface area (Å²) in [6.07, 6.45) is -2.59. The van der Waals surface area contributed by atoms with Crippen LogP contribution in [0, 0.1) is 6.92 Å². The molecule has 0 aliphatic rings. The average Bonchev–Trinajstić information content (AvgIpc) is 2.89. The maximum absolute atomic E-state index is 12.8. The summed E-state index contributed by atoms with van der Waals surface area (Å²) in [5, 5.41) is 0.727. The number of rotatable bonds is 3. The smallest absolute Gasteiger partial charge is 0.416 e. The Hall–Kier alpha value is -2.57. The molecule has 0 N–H and O–H groups in total. The number of aromatic nitrogens is 3. The minimum Gasteiger partial charge on any atom is -0.480 e. The monoisotopic (exact) mass is 321 g/mol. The van der Waals surface area contributed by atoms with Crippen molar-refractivity contribution in [1.29, 1.82) is 0 Å². The Bertz CT molecular complexity index is 855. The standard InChI is InChI=1S/C16H14F3N3O/c1-10-20-14-13(15(21-10)23-2)6-7-22(14)9-11-4-3-5-12(8-11)16(17,18)19/h3-8H,9H2,1-2H3. The van der Waals surface area contributed by atoms with Crippen molar-refractivity contribution in [3.63, 3.8) is 0 Å². The van der Waals surface area contributed by atoms with Crippen LogP contribution < -0.4 is 4.74 Å². The van der Waals surface area contributed by atoms with Crippen molar-refractivity contribution in [2.24, 2.45) is 0 Å². The van der Waals surface area contributed by atoms with Gasteiger partial charge in [-0.3, -0.25) is 0 Å². The van der Waals surface area contributed by atoms with E-state index >= 15 is 0 Å². The van der Waals surface area contributed by atoms with E-state index in [-0.39, 0.29) is 6.54 Å². The first-order valence-corrected chi connectivity index (χ1v) is 6.92. The van der Waals surface area contributed by atoms with Crippen LogP contribution in [0.4, 0.5) is 13.2 Å². The zero-order chi connectivity index (χ0) is 16.6. The lowest BCUT2D eigenvalue weighted by molar-refractivity contribution is -0.137. The predicted octanol–water partition coefficient (Wildman–Crippen LogP) is 3.82. The van der Waals surface area contributed by atoms with E-state index in [4.69, 9.17) is 4.74 Å². The van der Waals surface area contributed by atoms with Gasteiger partial charge in [0.25, 0.3) is 0 Å². The lowest BCUT2D eigenvalue weighted by Crippen LogP contribution is -2.07. The molecule has 2 aromatic heterocycles. The summed E-state index contributed by atoms with van der Waals surface area (Å²) in [6.45, 7) is 2.02. The summed E-state index contributed by atoms with van der Waals surface area (Å²) in [7, 11) is 1.52. The van der Waals surface area contributed by atoms with Gasteiger partial charge in [0.15, 0.2) is 0 Å². The summed E-state index contributed by atoms with van der Waals surface area (Å²) >= 11 is 0. The third-order valence-corrected chi connectivity index (χ3v) is 3.50. The molecule has 0 atom stereocenters. The minimum absolute atomic E-state index is 0.285. The van der Waals surface area contributed by atoms with Gasteiger partial charge in [0.1, 0.15) is 11.5 Å². The number of aryl methyl sites for hydroxylation is 1. The normalized spacial score (nSPS) is 11.9. The van der Waals surface area contributed by atoms with Crippen molar-refractivity contribution in [1.82, 2.24) is 14.5 Å². The number of alkyl halides is 3. The Morgan fingerprint density at radius 1 is 1.17 bits per heavy atom. The van der Waals surface area contributed by atoms with Gasteiger partial charge in [-0.25, -0.2) is 4.98 Å². The number of hydrogen-bond donors (Lipinski definition) is 0. The molecule has 120 valence electrons. The molecule has 0 bridgehead atoms. The van der Waals surface area contributed by atoms with Gasteiger partial charge in [0.05, 0.1) is 18.1 Å². The van der Waals surface area contributed by atoms with Gasteiger partial charge in [-0.2, -0.15) is 18.2 Å². The molecule has 3 rings (SSSR count). The van der Waals surface area contributed by atoms with Gasteiger partial charge in [0.2, 0.25) is 5.88 Å². The van der Waals surface area contributed by atoms with E-state index in [9.17, 15) is 13.2 Å². The Morgan fingerprint density at radius 3 is 2.65 bits per heavy atom. The number of fused-ring (bicyclic) bond motifs is 1. The van der Waals surface area contributed by atoms with E-state index in [0.717, 1.165) is 17.5 Å². The van der Waals surface area contributed by atoms with Crippen molar-refractivity contribution < 1.29 is 17.9 Å². The SMILES string of the molecule is COc1nc(C)nc2c1ccn2Cc1cccc(C(F)(F)F)c1. The van der Waals surface area contributed by atoms with Crippen LogP contribution in [0.15, 0.2) is 36.5 Å². The summed E-state index contributed by atoms with van der Waals surface area (Å²) < 4.78 is 45.4. The Balaban J connectivity index is 2.01. The van der Waals surface area contributed by atoms with E-state index in [1.54, 1.807) is 29.8 Å². The molecular weight excluding hydrogens is 307 g/mol. The van der Waals surface area contributed by atoms with E-state index in [1.807, 2.05) is 0 Å². The fraction of sp³-hybridized carbons (Fsp3) is 0.250. The van der Waals surface area contributed by atoms with Crippen LogP contribution in [0.5, 0.6) is 5.88 Å². The average molecular weight is 321 g/mol. The lowest BCUT2D eigenvalue weighted by atomic mass is 10.1. The van der Waals surface area contributed by atoms with Gasteiger partial charge in [-0.15, -0.1) is 0 Å². The molecule has 0 unspecified atom stereocenters. The highest BCUT2D eigenvalue weighted by atomic mass is 19.4. The number of methoxy groups -OCH3 is 1. The van der Waals surface area contributed by atoms with Gasteiger partial charge in [0, 0.05) is 12.7 Å². The van der Waals surface area contributed by atoms with Gasteiger partial charge < -0.3 is 9.30 Å². The molecule has 0 spiro atoms. The van der Waals surface area contributed by atoms with E-state index in [1.165, 1.54) is 13.2 Å². The van der Waals surface area contributed by atoms with Crippen LogP contribution in [-0.2, 0) is 12.7 Å². The molecule has 1 aromatic carbocycles. The van der Waals surface area contributed by atoms with Crippen LogP contribution in [0.2, 0.25) is 0 Å².